The predicted molar refractivity (Wildman–Crippen MR) is 136 cm³/mol. The van der Waals surface area contributed by atoms with Crippen LogP contribution in [0.1, 0.15) is 31.9 Å². The SMILES string of the molecule is CCOc1c(/C(C)=C/C(=O)N2CCN(CC)CC2)cc2c(-c3cccc(OC)c3)coc2c1C. The van der Waals surface area contributed by atoms with E-state index in [1.807, 2.05) is 49.9 Å². The number of hydrogen-bond donors (Lipinski definition) is 0. The molecule has 2 heterocycles. The zero-order chi connectivity index (χ0) is 24.2. The summed E-state index contributed by atoms with van der Waals surface area (Å²) < 4.78 is 17.5. The summed E-state index contributed by atoms with van der Waals surface area (Å²) in [6, 6.07) is 10.0. The van der Waals surface area contributed by atoms with Crippen LogP contribution in [0.25, 0.3) is 27.7 Å². The highest BCUT2D eigenvalue weighted by molar-refractivity contribution is 6.01. The molecule has 1 amide bonds. The lowest BCUT2D eigenvalue weighted by Gasteiger charge is -2.33. The Labute approximate surface area is 201 Å². The fourth-order valence-electron chi connectivity index (χ4n) is 4.59. The fraction of sp³-hybridized carbons (Fsp3) is 0.393. The summed E-state index contributed by atoms with van der Waals surface area (Å²) in [7, 11) is 1.66. The van der Waals surface area contributed by atoms with Crippen molar-refractivity contribution < 1.29 is 18.7 Å². The molecule has 0 unspecified atom stereocenters. The number of fused-ring (bicyclic) bond motifs is 1. The van der Waals surface area contributed by atoms with Crippen molar-refractivity contribution in [1.82, 2.24) is 9.80 Å². The number of furan rings is 1. The molecule has 0 radical (unpaired) electrons. The number of methoxy groups -OCH3 is 1. The van der Waals surface area contributed by atoms with Gasteiger partial charge in [-0.1, -0.05) is 19.1 Å². The molecule has 0 saturated carbocycles. The average molecular weight is 463 g/mol. The number of likely N-dealkylation sites (N-methyl/N-ethyl adjacent to an activating group) is 1. The number of allylic oxidation sites excluding steroid dienone is 1. The maximum Gasteiger partial charge on any atom is 0.246 e. The van der Waals surface area contributed by atoms with E-state index in [1.165, 1.54) is 0 Å². The first-order valence-electron chi connectivity index (χ1n) is 12.0. The molecule has 0 N–H and O–H groups in total. The van der Waals surface area contributed by atoms with Crippen LogP contribution >= 0.6 is 0 Å². The van der Waals surface area contributed by atoms with Gasteiger partial charge in [0.2, 0.25) is 5.91 Å². The standard InChI is InChI=1S/C28H34N2O4/c1-6-29-11-13-30(14-12-29)26(31)15-19(3)23-17-24-25(21-9-8-10-22(16-21)32-5)18-34-28(24)20(4)27(23)33-7-2/h8-10,15-18H,6-7,11-14H2,1-5H3/b19-15+. The Morgan fingerprint density at radius 2 is 1.91 bits per heavy atom. The van der Waals surface area contributed by atoms with Gasteiger partial charge in [-0.2, -0.15) is 0 Å². The molecule has 0 atom stereocenters. The smallest absolute Gasteiger partial charge is 0.246 e. The maximum absolute atomic E-state index is 13.1. The van der Waals surface area contributed by atoms with Gasteiger partial charge in [-0.25, -0.2) is 0 Å². The van der Waals surface area contributed by atoms with Gasteiger partial charge in [0.05, 0.1) is 20.0 Å². The minimum absolute atomic E-state index is 0.0497. The lowest BCUT2D eigenvalue weighted by Crippen LogP contribution is -2.48. The van der Waals surface area contributed by atoms with E-state index < -0.39 is 0 Å². The zero-order valence-electron chi connectivity index (χ0n) is 20.8. The number of rotatable bonds is 7. The Morgan fingerprint density at radius 1 is 1.15 bits per heavy atom. The van der Waals surface area contributed by atoms with Crippen molar-refractivity contribution in [3.05, 3.63) is 53.8 Å². The van der Waals surface area contributed by atoms with Crippen LogP contribution in [-0.4, -0.2) is 62.1 Å². The number of benzene rings is 2. The fourth-order valence-corrected chi connectivity index (χ4v) is 4.59. The summed E-state index contributed by atoms with van der Waals surface area (Å²) in [5.74, 6) is 1.60. The van der Waals surface area contributed by atoms with Crippen molar-refractivity contribution in [1.29, 1.82) is 0 Å². The first-order chi connectivity index (χ1) is 16.5. The molecule has 3 aromatic rings. The predicted octanol–water partition coefficient (Wildman–Crippen LogP) is 5.38. The minimum atomic E-state index is 0.0497. The number of carbonyl (C=O) groups is 1. The number of aryl methyl sites for hydroxylation is 1. The molecule has 1 aliphatic heterocycles. The Hall–Kier alpha value is -3.25. The van der Waals surface area contributed by atoms with Crippen LogP contribution in [-0.2, 0) is 4.79 Å². The van der Waals surface area contributed by atoms with Gasteiger partial charge in [0.25, 0.3) is 0 Å². The van der Waals surface area contributed by atoms with E-state index in [2.05, 4.69) is 17.9 Å². The Kier molecular flexibility index (Phi) is 7.27. The molecule has 1 aliphatic rings. The number of hydrogen-bond acceptors (Lipinski definition) is 5. The van der Waals surface area contributed by atoms with Gasteiger partial charge < -0.3 is 23.7 Å². The third-order valence-electron chi connectivity index (χ3n) is 6.61. The third-order valence-corrected chi connectivity index (χ3v) is 6.61. The number of nitrogens with zero attached hydrogens (tertiary/aromatic N) is 2. The molecule has 6 nitrogen and oxygen atoms in total. The van der Waals surface area contributed by atoms with E-state index in [9.17, 15) is 4.79 Å². The summed E-state index contributed by atoms with van der Waals surface area (Å²) in [6.07, 6.45) is 3.53. The monoisotopic (exact) mass is 462 g/mol. The van der Waals surface area contributed by atoms with Crippen molar-refractivity contribution in [2.45, 2.75) is 27.7 Å². The van der Waals surface area contributed by atoms with Crippen molar-refractivity contribution in [2.75, 3.05) is 46.4 Å². The van der Waals surface area contributed by atoms with Crippen LogP contribution in [0.5, 0.6) is 11.5 Å². The Morgan fingerprint density at radius 3 is 2.59 bits per heavy atom. The molecule has 1 aromatic heterocycles. The minimum Gasteiger partial charge on any atom is -0.497 e. The van der Waals surface area contributed by atoms with Gasteiger partial charge in [-0.3, -0.25) is 4.79 Å². The van der Waals surface area contributed by atoms with E-state index in [0.29, 0.717) is 6.61 Å². The first-order valence-corrected chi connectivity index (χ1v) is 12.0. The lowest BCUT2D eigenvalue weighted by atomic mass is 9.96. The number of ether oxygens (including phenoxy) is 2. The van der Waals surface area contributed by atoms with Crippen LogP contribution in [0.4, 0.5) is 0 Å². The largest absolute Gasteiger partial charge is 0.497 e. The molecule has 34 heavy (non-hydrogen) atoms. The van der Waals surface area contributed by atoms with Crippen molar-refractivity contribution in [2.24, 2.45) is 0 Å². The Bertz CT molecular complexity index is 1200. The van der Waals surface area contributed by atoms with Gasteiger partial charge in [0.1, 0.15) is 17.1 Å². The van der Waals surface area contributed by atoms with Crippen LogP contribution in [0.15, 0.2) is 47.1 Å². The van der Waals surface area contributed by atoms with Gasteiger partial charge in [0.15, 0.2) is 0 Å². The molecule has 180 valence electrons. The van der Waals surface area contributed by atoms with E-state index in [1.54, 1.807) is 19.4 Å². The van der Waals surface area contributed by atoms with E-state index in [0.717, 1.165) is 83.0 Å². The summed E-state index contributed by atoms with van der Waals surface area (Å²) in [4.78, 5) is 17.4. The molecule has 2 aromatic carbocycles. The summed E-state index contributed by atoms with van der Waals surface area (Å²) in [5, 5.41) is 0.987. The van der Waals surface area contributed by atoms with Crippen LogP contribution < -0.4 is 9.47 Å². The number of carbonyl (C=O) groups excluding carboxylic acids is 1. The van der Waals surface area contributed by atoms with E-state index in [-0.39, 0.29) is 5.91 Å². The lowest BCUT2D eigenvalue weighted by molar-refractivity contribution is -0.127. The zero-order valence-corrected chi connectivity index (χ0v) is 20.8. The second-order valence-electron chi connectivity index (χ2n) is 8.66. The highest BCUT2D eigenvalue weighted by atomic mass is 16.5. The summed E-state index contributed by atoms with van der Waals surface area (Å²) in [5.41, 5.74) is 5.52. The third kappa shape index (κ3) is 4.68. The molecule has 4 rings (SSSR count). The molecule has 1 saturated heterocycles. The van der Waals surface area contributed by atoms with Gasteiger partial charge in [-0.15, -0.1) is 0 Å². The quantitative estimate of drug-likeness (QED) is 0.441. The molecule has 0 bridgehead atoms. The van der Waals surface area contributed by atoms with Crippen LogP contribution in [0.3, 0.4) is 0 Å². The highest BCUT2D eigenvalue weighted by Crippen LogP contribution is 2.41. The van der Waals surface area contributed by atoms with Crippen LogP contribution in [0, 0.1) is 6.92 Å². The molecule has 1 fully saturated rings. The highest BCUT2D eigenvalue weighted by Gasteiger charge is 2.22. The second-order valence-corrected chi connectivity index (χ2v) is 8.66. The average Bonchev–Trinajstić information content (AvgIpc) is 3.30. The second kappa shape index (κ2) is 10.3. The van der Waals surface area contributed by atoms with Gasteiger partial charge in [0, 0.05) is 54.3 Å². The summed E-state index contributed by atoms with van der Waals surface area (Å²) >= 11 is 0. The molecule has 0 spiro atoms. The molecular formula is C28H34N2O4. The molecule has 0 aliphatic carbocycles. The molecule has 6 heteroatoms. The Balaban J connectivity index is 1.75. The maximum atomic E-state index is 13.1. The van der Waals surface area contributed by atoms with Gasteiger partial charge in [-0.05, 0) is 56.7 Å². The first kappa shape index (κ1) is 23.9. The van der Waals surface area contributed by atoms with E-state index in [4.69, 9.17) is 13.9 Å². The normalized spacial score (nSPS) is 15.1. The number of piperazine rings is 1. The number of amides is 1. The van der Waals surface area contributed by atoms with Gasteiger partial charge >= 0.3 is 0 Å². The van der Waals surface area contributed by atoms with E-state index >= 15 is 0 Å². The summed E-state index contributed by atoms with van der Waals surface area (Å²) in [6.45, 7) is 13.0. The topological polar surface area (TPSA) is 55.2 Å². The van der Waals surface area contributed by atoms with Crippen LogP contribution in [0.2, 0.25) is 0 Å². The van der Waals surface area contributed by atoms with Crippen molar-refractivity contribution in [3.63, 3.8) is 0 Å². The molecular weight excluding hydrogens is 428 g/mol. The van der Waals surface area contributed by atoms with Crippen molar-refractivity contribution in [3.8, 4) is 22.6 Å². The van der Waals surface area contributed by atoms with Crippen molar-refractivity contribution >= 4 is 22.4 Å².